The van der Waals surface area contributed by atoms with Gasteiger partial charge in [-0.2, -0.15) is 0 Å². The number of ether oxygens (including phenoxy) is 4. The SMILES string of the molecule is CCCCCCCCCCCCCCCCCCC(=O)O[C@H](COC(=O)CCCCCCCCCC)COP(=O)(O)OC[C@H](O)COP(=O)(O)OC[C@@H](COC(=O)CCCCCCCCCCCCCCCC(C)C)OC(=O)CCCCCCCCCCCCCCCCC(C)C. The minimum Gasteiger partial charge on any atom is -0.462 e. The molecule has 5 atom stereocenters. The summed E-state index contributed by atoms with van der Waals surface area (Å²) in [5.74, 6) is -0.527. The van der Waals surface area contributed by atoms with Crippen molar-refractivity contribution in [3.05, 3.63) is 0 Å². The van der Waals surface area contributed by atoms with Gasteiger partial charge < -0.3 is 33.8 Å². The first-order chi connectivity index (χ1) is 46.9. The number of hydrogen-bond acceptors (Lipinski definition) is 15. The normalized spacial score (nSPS) is 14.0. The number of unbranched alkanes of at least 4 members (excludes halogenated alkanes) is 47. The fraction of sp³-hybridized carbons (Fsp3) is 0.949. The number of esters is 4. The standard InChI is InChI=1S/C78H152O17P2/c1-7-9-11-13-15-17-18-19-20-21-27-33-38-44-50-56-62-77(82)94-73(66-88-75(80)60-54-48-42-16-14-12-10-8-2)68-92-96(84,85)90-64-72(79)65-91-97(86,87)93-69-74(67-89-76(81)61-55-49-43-37-32-29-24-26-31-36-41-47-53-59-71(5)6)95-78(83)63-57-51-45-39-34-28-23-22-25-30-35-40-46-52-58-70(3)4/h70-74,79H,7-69H2,1-6H3,(H,84,85)(H,86,87)/t72-,73+,74+/m0/s1. The van der Waals surface area contributed by atoms with Gasteiger partial charge in [-0.15, -0.1) is 0 Å². The number of carbonyl (C=O) groups is 4. The summed E-state index contributed by atoms with van der Waals surface area (Å²) in [6.07, 6.45) is 58.2. The molecule has 0 fully saturated rings. The molecular weight excluding hydrogens is 1270 g/mol. The second-order valence-corrected chi connectivity index (χ2v) is 32.0. The molecule has 3 N–H and O–H groups in total. The lowest BCUT2D eigenvalue weighted by Crippen LogP contribution is -2.30. The van der Waals surface area contributed by atoms with Crippen LogP contribution in [0.3, 0.4) is 0 Å². The van der Waals surface area contributed by atoms with Gasteiger partial charge in [-0.1, -0.05) is 356 Å². The third-order valence-electron chi connectivity index (χ3n) is 18.2. The highest BCUT2D eigenvalue weighted by molar-refractivity contribution is 7.47. The summed E-state index contributed by atoms with van der Waals surface area (Å²) >= 11 is 0. The third kappa shape index (κ3) is 72.2. The molecule has 0 aromatic carbocycles. The Morgan fingerprint density at radius 1 is 0.278 bits per heavy atom. The first-order valence-corrected chi connectivity index (χ1v) is 43.5. The molecule has 17 nitrogen and oxygen atoms in total. The molecule has 2 unspecified atom stereocenters. The van der Waals surface area contributed by atoms with Gasteiger partial charge in [0.2, 0.25) is 0 Å². The Morgan fingerprint density at radius 3 is 0.701 bits per heavy atom. The number of carbonyl (C=O) groups excluding carboxylic acids is 4. The van der Waals surface area contributed by atoms with E-state index < -0.39 is 97.5 Å². The van der Waals surface area contributed by atoms with Crippen LogP contribution in [0.2, 0.25) is 0 Å². The van der Waals surface area contributed by atoms with Crippen LogP contribution < -0.4 is 0 Å². The van der Waals surface area contributed by atoms with E-state index in [1.807, 2.05) is 0 Å². The van der Waals surface area contributed by atoms with Gasteiger partial charge in [0.15, 0.2) is 12.2 Å². The van der Waals surface area contributed by atoms with Crippen molar-refractivity contribution in [1.82, 2.24) is 0 Å². The molecule has 97 heavy (non-hydrogen) atoms. The summed E-state index contributed by atoms with van der Waals surface area (Å²) in [6, 6.07) is 0. The molecule has 0 aromatic rings. The Bertz CT molecular complexity index is 1870. The van der Waals surface area contributed by atoms with Crippen LogP contribution >= 0.6 is 15.6 Å². The highest BCUT2D eigenvalue weighted by Gasteiger charge is 2.30. The lowest BCUT2D eigenvalue weighted by atomic mass is 10.0. The van der Waals surface area contributed by atoms with E-state index in [-0.39, 0.29) is 25.7 Å². The van der Waals surface area contributed by atoms with Crippen LogP contribution in [0, 0.1) is 11.8 Å². The van der Waals surface area contributed by atoms with Crippen molar-refractivity contribution >= 4 is 39.5 Å². The molecule has 0 saturated heterocycles. The number of aliphatic hydroxyl groups excluding tert-OH is 1. The van der Waals surface area contributed by atoms with E-state index in [1.54, 1.807) is 0 Å². The number of aliphatic hydroxyl groups is 1. The fourth-order valence-corrected chi connectivity index (χ4v) is 13.6. The van der Waals surface area contributed by atoms with Crippen molar-refractivity contribution < 1.29 is 80.2 Å². The molecule has 576 valence electrons. The third-order valence-corrected chi connectivity index (χ3v) is 20.1. The average molecular weight is 1420 g/mol. The van der Waals surface area contributed by atoms with Gasteiger partial charge in [-0.05, 0) is 37.5 Å². The van der Waals surface area contributed by atoms with Crippen molar-refractivity contribution in [2.75, 3.05) is 39.6 Å². The molecular formula is C78H152O17P2. The van der Waals surface area contributed by atoms with Crippen LogP contribution in [0.5, 0.6) is 0 Å². The molecule has 0 aliphatic carbocycles. The van der Waals surface area contributed by atoms with Crippen LogP contribution in [-0.4, -0.2) is 96.7 Å². The van der Waals surface area contributed by atoms with Crippen molar-refractivity contribution in [3.8, 4) is 0 Å². The van der Waals surface area contributed by atoms with Crippen LogP contribution in [0.1, 0.15) is 408 Å². The van der Waals surface area contributed by atoms with Crippen LogP contribution in [0.25, 0.3) is 0 Å². The fourth-order valence-electron chi connectivity index (χ4n) is 12.0. The Kier molecular flexibility index (Phi) is 68.4. The predicted molar refractivity (Wildman–Crippen MR) is 395 cm³/mol. The summed E-state index contributed by atoms with van der Waals surface area (Å²) in [7, 11) is -9.91. The number of phosphoric acid groups is 2. The van der Waals surface area contributed by atoms with Crippen LogP contribution in [-0.2, 0) is 65.4 Å². The molecule has 0 heterocycles. The molecule has 0 bridgehead atoms. The molecule has 19 heteroatoms. The summed E-state index contributed by atoms with van der Waals surface area (Å²) < 4.78 is 68.6. The van der Waals surface area contributed by atoms with E-state index in [0.29, 0.717) is 25.7 Å². The highest BCUT2D eigenvalue weighted by atomic mass is 31.2. The van der Waals surface area contributed by atoms with Crippen molar-refractivity contribution in [2.24, 2.45) is 11.8 Å². The molecule has 0 spiro atoms. The summed E-state index contributed by atoms with van der Waals surface area (Å²) in [4.78, 5) is 72.8. The van der Waals surface area contributed by atoms with Gasteiger partial charge in [0.1, 0.15) is 19.3 Å². The zero-order valence-corrected chi connectivity index (χ0v) is 65.2. The quantitative estimate of drug-likeness (QED) is 0.0222. The molecule has 0 aliphatic heterocycles. The van der Waals surface area contributed by atoms with Crippen molar-refractivity contribution in [1.29, 1.82) is 0 Å². The first-order valence-electron chi connectivity index (χ1n) is 40.5. The smallest absolute Gasteiger partial charge is 0.462 e. The molecule has 0 radical (unpaired) electrons. The minimum absolute atomic E-state index is 0.108. The number of rotatable bonds is 77. The lowest BCUT2D eigenvalue weighted by Gasteiger charge is -2.21. The molecule has 0 aliphatic rings. The monoisotopic (exact) mass is 1420 g/mol. The van der Waals surface area contributed by atoms with E-state index >= 15 is 0 Å². The predicted octanol–water partition coefficient (Wildman–Crippen LogP) is 23.1. The highest BCUT2D eigenvalue weighted by Crippen LogP contribution is 2.45. The first kappa shape index (κ1) is 95.1. The van der Waals surface area contributed by atoms with Gasteiger partial charge in [0.25, 0.3) is 0 Å². The molecule has 0 amide bonds. The van der Waals surface area contributed by atoms with E-state index in [2.05, 4.69) is 41.5 Å². The van der Waals surface area contributed by atoms with Crippen molar-refractivity contribution in [3.63, 3.8) is 0 Å². The average Bonchev–Trinajstić information content (AvgIpc) is 2.87. The van der Waals surface area contributed by atoms with Gasteiger partial charge in [0.05, 0.1) is 26.4 Å². The number of phosphoric ester groups is 2. The van der Waals surface area contributed by atoms with Gasteiger partial charge in [-0.3, -0.25) is 37.3 Å². The summed E-state index contributed by atoms with van der Waals surface area (Å²) in [5.41, 5.74) is 0. The topological polar surface area (TPSA) is 237 Å². The Labute approximate surface area is 594 Å². The van der Waals surface area contributed by atoms with E-state index in [1.165, 1.54) is 218 Å². The second kappa shape index (κ2) is 69.8. The lowest BCUT2D eigenvalue weighted by molar-refractivity contribution is -0.161. The maximum Gasteiger partial charge on any atom is 0.472 e. The van der Waals surface area contributed by atoms with Crippen LogP contribution in [0.4, 0.5) is 0 Å². The van der Waals surface area contributed by atoms with Crippen molar-refractivity contribution in [2.45, 2.75) is 426 Å². The van der Waals surface area contributed by atoms with E-state index in [9.17, 15) is 43.2 Å². The summed E-state index contributed by atoms with van der Waals surface area (Å²) in [5, 5.41) is 10.6. The maximum atomic E-state index is 13.1. The Morgan fingerprint density at radius 2 is 0.474 bits per heavy atom. The van der Waals surface area contributed by atoms with Gasteiger partial charge in [0, 0.05) is 25.7 Å². The van der Waals surface area contributed by atoms with E-state index in [0.717, 1.165) is 108 Å². The second-order valence-electron chi connectivity index (χ2n) is 29.1. The zero-order valence-electron chi connectivity index (χ0n) is 63.4. The largest absolute Gasteiger partial charge is 0.472 e. The van der Waals surface area contributed by atoms with Gasteiger partial charge in [-0.25, -0.2) is 9.13 Å². The van der Waals surface area contributed by atoms with E-state index in [4.69, 9.17) is 37.0 Å². The summed E-state index contributed by atoms with van der Waals surface area (Å²) in [6.45, 7) is 9.63. The Hall–Kier alpha value is -1.94. The van der Waals surface area contributed by atoms with Gasteiger partial charge >= 0.3 is 39.5 Å². The molecule has 0 rings (SSSR count). The molecule has 0 aromatic heterocycles. The van der Waals surface area contributed by atoms with Crippen LogP contribution in [0.15, 0.2) is 0 Å². The zero-order chi connectivity index (χ0) is 71.4. The Balaban J connectivity index is 5.21. The maximum absolute atomic E-state index is 13.1. The number of hydrogen-bond donors (Lipinski definition) is 3. The minimum atomic E-state index is -4.96. The molecule has 0 saturated carbocycles.